The molecule has 0 fully saturated rings. The Labute approximate surface area is 159 Å². The molecule has 0 saturated heterocycles. The molecule has 0 aliphatic carbocycles. The van der Waals surface area contributed by atoms with Gasteiger partial charge in [-0.05, 0) is 71.3 Å². The third kappa shape index (κ3) is 5.18. The molecule has 144 valence electrons. The molecule has 0 aliphatic rings. The second-order valence-electron chi connectivity index (χ2n) is 8.36. The fourth-order valence-electron chi connectivity index (χ4n) is 3.69. The summed E-state index contributed by atoms with van der Waals surface area (Å²) in [5, 5.41) is 8.54. The third-order valence-corrected chi connectivity index (χ3v) is 4.93. The van der Waals surface area contributed by atoms with Crippen LogP contribution in [0.15, 0.2) is 24.4 Å². The van der Waals surface area contributed by atoms with Crippen molar-refractivity contribution in [3.63, 3.8) is 0 Å². The Morgan fingerprint density at radius 1 is 1.12 bits per heavy atom. The summed E-state index contributed by atoms with van der Waals surface area (Å²) in [5.74, 6) is 0.679. The minimum absolute atomic E-state index is 0.276. The van der Waals surface area contributed by atoms with E-state index in [1.165, 1.54) is 34.5 Å². The Morgan fingerprint density at radius 2 is 1.81 bits per heavy atom. The predicted octanol–water partition coefficient (Wildman–Crippen LogP) is 4.42. The predicted molar refractivity (Wildman–Crippen MR) is 111 cm³/mol. The number of likely N-dealkylation sites (N-methyl/N-ethyl adjacent to an activating group) is 1. The lowest BCUT2D eigenvalue weighted by Crippen LogP contribution is -2.40. The number of aryl methyl sites for hydroxylation is 2. The van der Waals surface area contributed by atoms with Crippen molar-refractivity contribution in [2.45, 2.75) is 60.0 Å². The first kappa shape index (κ1) is 20.7. The molecule has 2 rings (SSSR count). The summed E-state index contributed by atoms with van der Waals surface area (Å²) in [4.78, 5) is 2.26. The second-order valence-corrected chi connectivity index (χ2v) is 8.36. The van der Waals surface area contributed by atoms with Gasteiger partial charge in [0, 0.05) is 29.9 Å². The zero-order valence-corrected chi connectivity index (χ0v) is 17.8. The van der Waals surface area contributed by atoms with E-state index in [4.69, 9.17) is 5.10 Å². The molecule has 0 aliphatic heterocycles. The highest BCUT2D eigenvalue weighted by molar-refractivity contribution is 5.44. The first-order valence-corrected chi connectivity index (χ1v) is 9.72. The summed E-state index contributed by atoms with van der Waals surface area (Å²) < 4.78 is 2.08. The molecule has 0 bridgehead atoms. The lowest BCUT2D eigenvalue weighted by molar-refractivity contribution is 0.290. The SMILES string of the molecule is Cc1ccc(C)c(-n2ncc(C(C)NC(CC(C)C)CN(C)C)c2C)c1. The van der Waals surface area contributed by atoms with Gasteiger partial charge in [-0.15, -0.1) is 0 Å². The summed E-state index contributed by atoms with van der Waals surface area (Å²) in [6, 6.07) is 7.29. The number of nitrogens with one attached hydrogen (secondary N) is 1. The van der Waals surface area contributed by atoms with Gasteiger partial charge in [0.2, 0.25) is 0 Å². The van der Waals surface area contributed by atoms with Crippen molar-refractivity contribution in [2.75, 3.05) is 20.6 Å². The smallest absolute Gasteiger partial charge is 0.0680 e. The van der Waals surface area contributed by atoms with Crippen molar-refractivity contribution in [2.24, 2.45) is 5.92 Å². The lowest BCUT2D eigenvalue weighted by atomic mass is 10.0. The molecule has 2 unspecified atom stereocenters. The van der Waals surface area contributed by atoms with E-state index < -0.39 is 0 Å². The normalized spacial score (nSPS) is 14.2. The highest BCUT2D eigenvalue weighted by atomic mass is 15.3. The first-order chi connectivity index (χ1) is 12.2. The monoisotopic (exact) mass is 356 g/mol. The molecule has 26 heavy (non-hydrogen) atoms. The van der Waals surface area contributed by atoms with E-state index in [1.807, 2.05) is 6.20 Å². The summed E-state index contributed by atoms with van der Waals surface area (Å²) in [6.07, 6.45) is 3.20. The minimum atomic E-state index is 0.276. The van der Waals surface area contributed by atoms with E-state index in [2.05, 4.69) is 88.7 Å². The maximum Gasteiger partial charge on any atom is 0.0680 e. The molecule has 1 aromatic heterocycles. The van der Waals surface area contributed by atoms with E-state index in [1.54, 1.807) is 0 Å². The van der Waals surface area contributed by atoms with Gasteiger partial charge < -0.3 is 10.2 Å². The first-order valence-electron chi connectivity index (χ1n) is 9.72. The van der Waals surface area contributed by atoms with Crippen molar-refractivity contribution in [1.82, 2.24) is 20.0 Å². The Morgan fingerprint density at radius 3 is 2.42 bits per heavy atom. The van der Waals surface area contributed by atoms with Crippen LogP contribution >= 0.6 is 0 Å². The zero-order valence-electron chi connectivity index (χ0n) is 17.8. The molecular weight excluding hydrogens is 320 g/mol. The standard InChI is InChI=1S/C22H36N4/c1-15(2)11-20(14-25(7)8)24-18(5)21-13-23-26(19(21)6)22-12-16(3)9-10-17(22)4/h9-10,12-13,15,18,20,24H,11,14H2,1-8H3. The quantitative estimate of drug-likeness (QED) is 0.760. The van der Waals surface area contributed by atoms with E-state index in [0.29, 0.717) is 12.0 Å². The largest absolute Gasteiger partial charge is 0.308 e. The van der Waals surface area contributed by atoms with Gasteiger partial charge in [-0.2, -0.15) is 5.10 Å². The maximum absolute atomic E-state index is 4.70. The van der Waals surface area contributed by atoms with Gasteiger partial charge in [-0.3, -0.25) is 0 Å². The molecule has 0 radical (unpaired) electrons. The van der Waals surface area contributed by atoms with E-state index in [-0.39, 0.29) is 6.04 Å². The second kappa shape index (κ2) is 8.83. The Bertz CT molecular complexity index is 705. The molecular formula is C22H36N4. The van der Waals surface area contributed by atoms with Crippen molar-refractivity contribution >= 4 is 0 Å². The Balaban J connectivity index is 2.23. The fourth-order valence-corrected chi connectivity index (χ4v) is 3.69. The average molecular weight is 357 g/mol. The van der Waals surface area contributed by atoms with Crippen LogP contribution in [0.25, 0.3) is 5.69 Å². The van der Waals surface area contributed by atoms with E-state index in [9.17, 15) is 0 Å². The van der Waals surface area contributed by atoms with Gasteiger partial charge in [-0.1, -0.05) is 26.0 Å². The van der Waals surface area contributed by atoms with Crippen LogP contribution in [0.5, 0.6) is 0 Å². The van der Waals surface area contributed by atoms with Crippen molar-refractivity contribution in [3.8, 4) is 5.69 Å². The highest BCUT2D eigenvalue weighted by Gasteiger charge is 2.20. The van der Waals surface area contributed by atoms with E-state index >= 15 is 0 Å². The number of benzene rings is 1. The topological polar surface area (TPSA) is 33.1 Å². The van der Waals surface area contributed by atoms with Crippen LogP contribution in [0.3, 0.4) is 0 Å². The number of hydrogen-bond acceptors (Lipinski definition) is 3. The van der Waals surface area contributed by atoms with Gasteiger partial charge in [0.05, 0.1) is 11.9 Å². The van der Waals surface area contributed by atoms with Crippen LogP contribution < -0.4 is 5.32 Å². The maximum atomic E-state index is 4.70. The highest BCUT2D eigenvalue weighted by Crippen LogP contribution is 2.23. The number of hydrogen-bond donors (Lipinski definition) is 1. The van der Waals surface area contributed by atoms with Crippen LogP contribution in [0.1, 0.15) is 55.6 Å². The fraction of sp³-hybridized carbons (Fsp3) is 0.591. The zero-order chi connectivity index (χ0) is 19.4. The minimum Gasteiger partial charge on any atom is -0.308 e. The average Bonchev–Trinajstić information content (AvgIpc) is 2.90. The van der Waals surface area contributed by atoms with Gasteiger partial charge in [-0.25, -0.2) is 4.68 Å². The number of nitrogens with zero attached hydrogens (tertiary/aromatic N) is 3. The molecule has 1 heterocycles. The van der Waals surface area contributed by atoms with Crippen molar-refractivity contribution in [1.29, 1.82) is 0 Å². The molecule has 4 nitrogen and oxygen atoms in total. The summed E-state index contributed by atoms with van der Waals surface area (Å²) >= 11 is 0. The lowest BCUT2D eigenvalue weighted by Gasteiger charge is -2.27. The van der Waals surface area contributed by atoms with Gasteiger partial charge >= 0.3 is 0 Å². The molecule has 2 atom stereocenters. The Kier molecular flexibility index (Phi) is 7.01. The molecule has 1 N–H and O–H groups in total. The summed E-state index contributed by atoms with van der Waals surface area (Å²) in [7, 11) is 4.28. The third-order valence-electron chi connectivity index (χ3n) is 4.93. The number of rotatable bonds is 8. The van der Waals surface area contributed by atoms with Crippen LogP contribution in [0.4, 0.5) is 0 Å². The molecule has 2 aromatic rings. The van der Waals surface area contributed by atoms with Gasteiger partial charge in [0.25, 0.3) is 0 Å². The molecule has 4 heteroatoms. The van der Waals surface area contributed by atoms with Crippen LogP contribution in [0.2, 0.25) is 0 Å². The number of aromatic nitrogens is 2. The molecule has 0 amide bonds. The van der Waals surface area contributed by atoms with Crippen molar-refractivity contribution < 1.29 is 0 Å². The molecule has 1 aromatic carbocycles. The van der Waals surface area contributed by atoms with Crippen LogP contribution in [-0.2, 0) is 0 Å². The summed E-state index contributed by atoms with van der Waals surface area (Å²) in [6.45, 7) is 14.3. The van der Waals surface area contributed by atoms with E-state index in [0.717, 1.165) is 6.54 Å². The van der Waals surface area contributed by atoms with Crippen LogP contribution in [-0.4, -0.2) is 41.4 Å². The van der Waals surface area contributed by atoms with Gasteiger partial charge in [0.15, 0.2) is 0 Å². The Hall–Kier alpha value is -1.65. The summed E-state index contributed by atoms with van der Waals surface area (Å²) in [5.41, 5.74) is 6.17. The van der Waals surface area contributed by atoms with Crippen LogP contribution in [0, 0.1) is 26.7 Å². The molecule has 0 saturated carbocycles. The molecule has 0 spiro atoms. The van der Waals surface area contributed by atoms with Gasteiger partial charge in [0.1, 0.15) is 0 Å². The van der Waals surface area contributed by atoms with Crippen molar-refractivity contribution in [3.05, 3.63) is 46.8 Å².